The number of urea groups is 1. The van der Waals surface area contributed by atoms with Gasteiger partial charge in [-0.05, 0) is 13.8 Å². The molecule has 0 heterocycles. The Labute approximate surface area is 93.1 Å². The van der Waals surface area contributed by atoms with Crippen LogP contribution < -0.4 is 10.7 Å². The number of carboxylic acid groups (broad SMARTS) is 1. The highest BCUT2D eigenvalue weighted by Gasteiger charge is 2.15. The fourth-order valence-corrected chi connectivity index (χ4v) is 0.759. The second kappa shape index (κ2) is 5.86. The van der Waals surface area contributed by atoms with Crippen molar-refractivity contribution in [3.8, 4) is 0 Å². The van der Waals surface area contributed by atoms with Gasteiger partial charge >= 0.3 is 12.0 Å². The molecule has 0 aromatic heterocycles. The van der Waals surface area contributed by atoms with E-state index in [-0.39, 0.29) is 11.1 Å². The molecule has 7 nitrogen and oxygen atoms in total. The Kier molecular flexibility index (Phi) is 5.17. The lowest BCUT2D eigenvalue weighted by atomic mass is 10.1. The minimum Gasteiger partial charge on any atom is -0.478 e. The first kappa shape index (κ1) is 14.1. The van der Waals surface area contributed by atoms with E-state index in [0.717, 1.165) is 0 Å². The number of hydrazine groups is 1. The third kappa shape index (κ3) is 4.56. The Morgan fingerprint density at radius 1 is 1.06 bits per heavy atom. The van der Waals surface area contributed by atoms with Crippen LogP contribution in [0.4, 0.5) is 4.79 Å². The third-order valence-electron chi connectivity index (χ3n) is 1.78. The summed E-state index contributed by atoms with van der Waals surface area (Å²) in [5, 5.41) is 12.0. The van der Waals surface area contributed by atoms with Crippen LogP contribution in [-0.2, 0) is 9.59 Å². The fraction of sp³-hybridized carbons (Fsp3) is 0.444. The first-order valence-corrected chi connectivity index (χ1v) is 4.45. The molecule has 3 N–H and O–H groups in total. The Morgan fingerprint density at radius 3 is 1.94 bits per heavy atom. The molecule has 0 aromatic carbocycles. The average Bonchev–Trinajstić information content (AvgIpc) is 2.13. The van der Waals surface area contributed by atoms with Crippen molar-refractivity contribution >= 4 is 17.9 Å². The number of nitrogens with zero attached hydrogens (tertiary/aromatic N) is 1. The standard InChI is InChI=1S/C9H15N3O4/c1-5(6(2)8(14)15)7(13)10-9(16)11-12(3)4/h1-4H3,(H,14,15)(H2,10,11,13,16). The number of carboxylic acids is 1. The molecule has 0 saturated carbocycles. The zero-order chi connectivity index (χ0) is 12.9. The summed E-state index contributed by atoms with van der Waals surface area (Å²) < 4.78 is 0. The van der Waals surface area contributed by atoms with Crippen LogP contribution in [0.15, 0.2) is 11.1 Å². The Bertz CT molecular complexity index is 347. The van der Waals surface area contributed by atoms with Gasteiger partial charge in [0.15, 0.2) is 0 Å². The molecular weight excluding hydrogens is 214 g/mol. The number of hydrogen-bond donors (Lipinski definition) is 3. The molecule has 0 fully saturated rings. The maximum Gasteiger partial charge on any atom is 0.336 e. The summed E-state index contributed by atoms with van der Waals surface area (Å²) in [5.74, 6) is -1.93. The smallest absolute Gasteiger partial charge is 0.336 e. The number of hydrogen-bond acceptors (Lipinski definition) is 4. The Hall–Kier alpha value is -1.89. The molecule has 0 aliphatic heterocycles. The lowest BCUT2D eigenvalue weighted by molar-refractivity contribution is -0.133. The highest BCUT2D eigenvalue weighted by Crippen LogP contribution is 2.02. The molecule has 16 heavy (non-hydrogen) atoms. The van der Waals surface area contributed by atoms with Gasteiger partial charge in [-0.15, -0.1) is 0 Å². The van der Waals surface area contributed by atoms with Gasteiger partial charge in [-0.2, -0.15) is 0 Å². The lowest BCUT2D eigenvalue weighted by Crippen LogP contribution is -2.46. The third-order valence-corrected chi connectivity index (χ3v) is 1.78. The Balaban J connectivity index is 4.54. The quantitative estimate of drug-likeness (QED) is 0.456. The second-order valence-electron chi connectivity index (χ2n) is 3.34. The van der Waals surface area contributed by atoms with Crippen molar-refractivity contribution < 1.29 is 19.5 Å². The van der Waals surface area contributed by atoms with Crippen molar-refractivity contribution in [3.05, 3.63) is 11.1 Å². The molecule has 3 amide bonds. The minimum absolute atomic E-state index is 0.0126. The predicted octanol–water partition coefficient (Wildman–Crippen LogP) is -0.290. The molecule has 0 aromatic rings. The van der Waals surface area contributed by atoms with Gasteiger partial charge in [-0.1, -0.05) is 0 Å². The van der Waals surface area contributed by atoms with E-state index in [0.29, 0.717) is 0 Å². The molecule has 0 atom stereocenters. The van der Waals surface area contributed by atoms with Crippen molar-refractivity contribution in [2.75, 3.05) is 14.1 Å². The Morgan fingerprint density at radius 2 is 1.56 bits per heavy atom. The molecule has 0 bridgehead atoms. The van der Waals surface area contributed by atoms with Gasteiger partial charge in [-0.25, -0.2) is 14.6 Å². The number of aliphatic carboxylic acids is 1. The molecule has 90 valence electrons. The first-order valence-electron chi connectivity index (χ1n) is 4.45. The molecule has 0 spiro atoms. The van der Waals surface area contributed by atoms with Gasteiger partial charge in [0.05, 0.1) is 0 Å². The molecule has 7 heteroatoms. The summed E-state index contributed by atoms with van der Waals surface area (Å²) in [7, 11) is 3.16. The van der Waals surface area contributed by atoms with Crippen LogP contribution in [0.5, 0.6) is 0 Å². The maximum atomic E-state index is 11.4. The average molecular weight is 229 g/mol. The van der Waals surface area contributed by atoms with Gasteiger partial charge in [0.1, 0.15) is 0 Å². The normalized spacial score (nSPS) is 11.8. The van der Waals surface area contributed by atoms with Crippen LogP contribution in [0, 0.1) is 0 Å². The van der Waals surface area contributed by atoms with Crippen LogP contribution in [0.1, 0.15) is 13.8 Å². The van der Waals surface area contributed by atoms with Crippen LogP contribution in [0.25, 0.3) is 0 Å². The van der Waals surface area contributed by atoms with Crippen molar-refractivity contribution in [2.24, 2.45) is 0 Å². The van der Waals surface area contributed by atoms with Gasteiger partial charge in [0.2, 0.25) is 0 Å². The summed E-state index contributed by atoms with van der Waals surface area (Å²) in [5.41, 5.74) is 2.17. The van der Waals surface area contributed by atoms with Crippen LogP contribution in [0.2, 0.25) is 0 Å². The molecule has 0 saturated heterocycles. The van der Waals surface area contributed by atoms with Crippen LogP contribution in [0.3, 0.4) is 0 Å². The topological polar surface area (TPSA) is 98.7 Å². The maximum absolute atomic E-state index is 11.4. The number of amides is 3. The highest BCUT2D eigenvalue weighted by atomic mass is 16.4. The van der Waals surface area contributed by atoms with Crippen molar-refractivity contribution in [1.82, 2.24) is 15.8 Å². The molecule has 0 unspecified atom stereocenters. The van der Waals surface area contributed by atoms with Gasteiger partial charge in [0, 0.05) is 25.2 Å². The summed E-state index contributed by atoms with van der Waals surface area (Å²) >= 11 is 0. The van der Waals surface area contributed by atoms with Gasteiger partial charge < -0.3 is 5.11 Å². The zero-order valence-electron chi connectivity index (χ0n) is 9.62. The molecular formula is C9H15N3O4. The summed E-state index contributed by atoms with van der Waals surface area (Å²) in [4.78, 5) is 33.0. The van der Waals surface area contributed by atoms with E-state index >= 15 is 0 Å². The summed E-state index contributed by atoms with van der Waals surface area (Å²) in [6.07, 6.45) is 0. The van der Waals surface area contributed by atoms with E-state index in [1.165, 1.54) is 18.9 Å². The molecule has 0 radical (unpaired) electrons. The van der Waals surface area contributed by atoms with E-state index in [4.69, 9.17) is 5.11 Å². The highest BCUT2D eigenvalue weighted by molar-refractivity contribution is 6.07. The predicted molar refractivity (Wildman–Crippen MR) is 56.4 cm³/mol. The largest absolute Gasteiger partial charge is 0.478 e. The number of carbonyl (C=O) groups is 3. The van der Waals surface area contributed by atoms with Crippen molar-refractivity contribution in [2.45, 2.75) is 13.8 Å². The SMILES string of the molecule is CC(C(=O)O)=C(C)C(=O)NC(=O)NN(C)C. The van der Waals surface area contributed by atoms with Crippen molar-refractivity contribution in [3.63, 3.8) is 0 Å². The monoisotopic (exact) mass is 229 g/mol. The van der Waals surface area contributed by atoms with E-state index < -0.39 is 17.9 Å². The van der Waals surface area contributed by atoms with E-state index in [9.17, 15) is 14.4 Å². The minimum atomic E-state index is -1.19. The van der Waals surface area contributed by atoms with Gasteiger partial charge in [-0.3, -0.25) is 15.5 Å². The number of carbonyl (C=O) groups excluding carboxylic acids is 2. The second-order valence-corrected chi connectivity index (χ2v) is 3.34. The lowest BCUT2D eigenvalue weighted by Gasteiger charge is -2.12. The molecule has 0 aliphatic carbocycles. The fourth-order valence-electron chi connectivity index (χ4n) is 0.759. The van der Waals surface area contributed by atoms with Crippen LogP contribution in [-0.4, -0.2) is 42.1 Å². The summed E-state index contributed by atoms with van der Waals surface area (Å²) in [6.45, 7) is 2.63. The van der Waals surface area contributed by atoms with Crippen LogP contribution >= 0.6 is 0 Å². The first-order chi connectivity index (χ1) is 7.25. The van der Waals surface area contributed by atoms with E-state index in [2.05, 4.69) is 5.43 Å². The van der Waals surface area contributed by atoms with Crippen molar-refractivity contribution in [1.29, 1.82) is 0 Å². The number of imide groups is 1. The van der Waals surface area contributed by atoms with Gasteiger partial charge in [0.25, 0.3) is 5.91 Å². The molecule has 0 aliphatic rings. The number of rotatable bonds is 3. The summed E-state index contributed by atoms with van der Waals surface area (Å²) in [6, 6.07) is -0.715. The van der Waals surface area contributed by atoms with E-state index in [1.54, 1.807) is 14.1 Å². The zero-order valence-corrected chi connectivity index (χ0v) is 9.62. The van der Waals surface area contributed by atoms with E-state index in [1.807, 2.05) is 5.32 Å². The molecule has 0 rings (SSSR count). The number of nitrogens with one attached hydrogen (secondary N) is 2.